The van der Waals surface area contributed by atoms with Crippen molar-refractivity contribution in [1.82, 2.24) is 5.32 Å². The molecule has 0 bridgehead atoms. The standard InChI is InChI=1S/C12H25NS/c1-11(2,3)7-8-13-10(14)9-12(4,5)6/h7-9H2,1-6H3,(H,13,14). The molecule has 0 rings (SSSR count). The van der Waals surface area contributed by atoms with E-state index in [0.29, 0.717) is 10.8 Å². The van der Waals surface area contributed by atoms with Crippen LogP contribution in [0.3, 0.4) is 0 Å². The summed E-state index contributed by atoms with van der Waals surface area (Å²) < 4.78 is 0. The van der Waals surface area contributed by atoms with Gasteiger partial charge < -0.3 is 5.32 Å². The summed E-state index contributed by atoms with van der Waals surface area (Å²) in [6, 6.07) is 0. The molecule has 14 heavy (non-hydrogen) atoms. The van der Waals surface area contributed by atoms with E-state index in [9.17, 15) is 0 Å². The maximum Gasteiger partial charge on any atom is 0.0758 e. The third-order valence-electron chi connectivity index (χ3n) is 1.89. The molecule has 0 aromatic heterocycles. The van der Waals surface area contributed by atoms with Crippen LogP contribution in [0, 0.1) is 10.8 Å². The first-order valence-corrected chi connectivity index (χ1v) is 5.78. The van der Waals surface area contributed by atoms with Crippen LogP contribution in [0.4, 0.5) is 0 Å². The molecule has 0 saturated heterocycles. The van der Waals surface area contributed by atoms with E-state index in [0.717, 1.165) is 24.4 Å². The van der Waals surface area contributed by atoms with Gasteiger partial charge in [0.15, 0.2) is 0 Å². The van der Waals surface area contributed by atoms with Crippen LogP contribution in [0.25, 0.3) is 0 Å². The van der Waals surface area contributed by atoms with Gasteiger partial charge in [-0.05, 0) is 17.3 Å². The molecular formula is C12H25NS. The third kappa shape index (κ3) is 9.97. The molecule has 0 aliphatic rings. The Morgan fingerprint density at radius 1 is 1.00 bits per heavy atom. The Hall–Kier alpha value is -0.110. The molecule has 0 amide bonds. The average molecular weight is 215 g/mol. The van der Waals surface area contributed by atoms with Crippen molar-refractivity contribution in [3.63, 3.8) is 0 Å². The van der Waals surface area contributed by atoms with Crippen molar-refractivity contribution in [1.29, 1.82) is 0 Å². The number of hydrogen-bond acceptors (Lipinski definition) is 1. The summed E-state index contributed by atoms with van der Waals surface area (Å²) in [5.41, 5.74) is 0.691. The predicted octanol–water partition coefficient (Wildman–Crippen LogP) is 3.78. The number of hydrogen-bond donors (Lipinski definition) is 1. The van der Waals surface area contributed by atoms with Crippen molar-refractivity contribution in [2.75, 3.05) is 6.54 Å². The summed E-state index contributed by atoms with van der Waals surface area (Å²) in [5.74, 6) is 0. The van der Waals surface area contributed by atoms with Gasteiger partial charge in [-0.1, -0.05) is 53.8 Å². The molecule has 1 N–H and O–H groups in total. The highest BCUT2D eigenvalue weighted by Gasteiger charge is 2.14. The molecule has 0 fully saturated rings. The summed E-state index contributed by atoms with van der Waals surface area (Å²) in [7, 11) is 0. The lowest BCUT2D eigenvalue weighted by Gasteiger charge is -2.22. The molecule has 0 atom stereocenters. The zero-order valence-corrected chi connectivity index (χ0v) is 11.3. The minimum atomic E-state index is 0.297. The molecule has 0 aliphatic heterocycles. The van der Waals surface area contributed by atoms with E-state index in [2.05, 4.69) is 46.9 Å². The second kappa shape index (κ2) is 5.11. The van der Waals surface area contributed by atoms with Crippen molar-refractivity contribution in [3.05, 3.63) is 0 Å². The molecule has 0 aliphatic carbocycles. The van der Waals surface area contributed by atoms with Crippen molar-refractivity contribution < 1.29 is 0 Å². The summed E-state index contributed by atoms with van der Waals surface area (Å²) in [5, 5.41) is 3.33. The monoisotopic (exact) mass is 215 g/mol. The highest BCUT2D eigenvalue weighted by molar-refractivity contribution is 7.80. The Labute approximate surface area is 94.7 Å². The first-order valence-electron chi connectivity index (χ1n) is 5.37. The maximum atomic E-state index is 5.28. The minimum Gasteiger partial charge on any atom is -0.380 e. The van der Waals surface area contributed by atoms with Gasteiger partial charge in [-0.2, -0.15) is 0 Å². The number of nitrogens with one attached hydrogen (secondary N) is 1. The molecule has 0 saturated carbocycles. The largest absolute Gasteiger partial charge is 0.380 e. The van der Waals surface area contributed by atoms with Crippen LogP contribution >= 0.6 is 12.2 Å². The zero-order valence-electron chi connectivity index (χ0n) is 10.5. The smallest absolute Gasteiger partial charge is 0.0758 e. The molecule has 0 aromatic carbocycles. The van der Waals surface area contributed by atoms with Gasteiger partial charge in [0.1, 0.15) is 0 Å². The van der Waals surface area contributed by atoms with Gasteiger partial charge in [0.05, 0.1) is 4.99 Å². The predicted molar refractivity (Wildman–Crippen MR) is 68.7 cm³/mol. The fraction of sp³-hybridized carbons (Fsp3) is 0.917. The Kier molecular flexibility index (Phi) is 5.07. The maximum absolute atomic E-state index is 5.28. The fourth-order valence-corrected chi connectivity index (χ4v) is 1.66. The molecule has 0 unspecified atom stereocenters. The van der Waals surface area contributed by atoms with E-state index < -0.39 is 0 Å². The Balaban J connectivity index is 3.66. The van der Waals surface area contributed by atoms with E-state index in [1.54, 1.807) is 0 Å². The van der Waals surface area contributed by atoms with Crippen molar-refractivity contribution >= 4 is 17.2 Å². The van der Waals surface area contributed by atoms with Crippen molar-refractivity contribution in [2.45, 2.75) is 54.4 Å². The fourth-order valence-electron chi connectivity index (χ4n) is 1.12. The molecule has 0 heterocycles. The quantitative estimate of drug-likeness (QED) is 0.719. The highest BCUT2D eigenvalue weighted by atomic mass is 32.1. The average Bonchev–Trinajstić information content (AvgIpc) is 1.78. The van der Waals surface area contributed by atoms with Crippen LogP contribution in [-0.4, -0.2) is 11.5 Å². The molecule has 0 aromatic rings. The van der Waals surface area contributed by atoms with Gasteiger partial charge >= 0.3 is 0 Å². The number of rotatable bonds is 3. The molecule has 0 radical (unpaired) electrons. The molecule has 84 valence electrons. The van der Waals surface area contributed by atoms with Crippen LogP contribution in [0.1, 0.15) is 54.4 Å². The summed E-state index contributed by atoms with van der Waals surface area (Å²) in [6.07, 6.45) is 2.14. The second-order valence-electron chi connectivity index (χ2n) is 6.40. The first-order chi connectivity index (χ1) is 6.10. The van der Waals surface area contributed by atoms with Gasteiger partial charge in [0, 0.05) is 13.0 Å². The van der Waals surface area contributed by atoms with E-state index in [-0.39, 0.29) is 0 Å². The third-order valence-corrected chi connectivity index (χ3v) is 2.18. The molecule has 1 nitrogen and oxygen atoms in total. The summed E-state index contributed by atoms with van der Waals surface area (Å²) in [6.45, 7) is 14.4. The van der Waals surface area contributed by atoms with Gasteiger partial charge in [-0.25, -0.2) is 0 Å². The normalized spacial score (nSPS) is 12.7. The Morgan fingerprint density at radius 2 is 1.50 bits per heavy atom. The lowest BCUT2D eigenvalue weighted by atomic mass is 9.91. The van der Waals surface area contributed by atoms with Gasteiger partial charge in [0.2, 0.25) is 0 Å². The van der Waals surface area contributed by atoms with E-state index in [4.69, 9.17) is 12.2 Å². The first kappa shape index (κ1) is 13.9. The van der Waals surface area contributed by atoms with Crippen LogP contribution in [0.2, 0.25) is 0 Å². The van der Waals surface area contributed by atoms with Gasteiger partial charge in [0.25, 0.3) is 0 Å². The van der Waals surface area contributed by atoms with Crippen LogP contribution in [-0.2, 0) is 0 Å². The molecular weight excluding hydrogens is 190 g/mol. The second-order valence-corrected chi connectivity index (χ2v) is 6.89. The van der Waals surface area contributed by atoms with E-state index in [1.165, 1.54) is 0 Å². The van der Waals surface area contributed by atoms with Crippen LogP contribution < -0.4 is 5.32 Å². The van der Waals surface area contributed by atoms with Crippen molar-refractivity contribution in [2.24, 2.45) is 10.8 Å². The highest BCUT2D eigenvalue weighted by Crippen LogP contribution is 2.19. The van der Waals surface area contributed by atoms with Crippen LogP contribution in [0.5, 0.6) is 0 Å². The minimum absolute atomic E-state index is 0.297. The topological polar surface area (TPSA) is 12.0 Å². The number of thiocarbonyl (C=S) groups is 1. The van der Waals surface area contributed by atoms with Crippen LogP contribution in [0.15, 0.2) is 0 Å². The lowest BCUT2D eigenvalue weighted by molar-refractivity contribution is 0.375. The zero-order chi connectivity index (χ0) is 11.4. The Bertz CT molecular complexity index is 183. The van der Waals surface area contributed by atoms with E-state index >= 15 is 0 Å². The van der Waals surface area contributed by atoms with E-state index in [1.807, 2.05) is 0 Å². The lowest BCUT2D eigenvalue weighted by Crippen LogP contribution is -2.28. The van der Waals surface area contributed by atoms with Gasteiger partial charge in [-0.3, -0.25) is 0 Å². The van der Waals surface area contributed by atoms with Gasteiger partial charge in [-0.15, -0.1) is 0 Å². The molecule has 2 heteroatoms. The Morgan fingerprint density at radius 3 is 1.86 bits per heavy atom. The van der Waals surface area contributed by atoms with Crippen molar-refractivity contribution in [3.8, 4) is 0 Å². The summed E-state index contributed by atoms with van der Waals surface area (Å²) in [4.78, 5) is 1.00. The molecule has 0 spiro atoms. The SMILES string of the molecule is CC(C)(C)CCNC(=S)CC(C)(C)C. The summed E-state index contributed by atoms with van der Waals surface area (Å²) >= 11 is 5.28.